The second-order valence-electron chi connectivity index (χ2n) is 15.7. The maximum Gasteiger partial charge on any atom is 0.0629 e. The van der Waals surface area contributed by atoms with Gasteiger partial charge in [0.1, 0.15) is 0 Å². The summed E-state index contributed by atoms with van der Waals surface area (Å²) in [7, 11) is 0. The predicted octanol–water partition coefficient (Wildman–Crippen LogP) is 16.7. The highest BCUT2D eigenvalue weighted by Gasteiger charge is 2.20. The van der Waals surface area contributed by atoms with Crippen LogP contribution in [0.4, 0.5) is 17.1 Å². The fraction of sp³-hybridized carbons (Fsp3) is 0. The zero-order valence-corrected chi connectivity index (χ0v) is 33.6. The smallest absolute Gasteiger partial charge is 0.0629 e. The van der Waals surface area contributed by atoms with Gasteiger partial charge in [-0.2, -0.15) is 0 Å². The van der Waals surface area contributed by atoms with Crippen molar-refractivity contribution in [2.24, 2.45) is 0 Å². The molecule has 0 amide bonds. The Morgan fingerprint density at radius 2 is 0.935 bits per heavy atom. The molecule has 0 N–H and O–H groups in total. The molecule has 12 rings (SSSR count). The van der Waals surface area contributed by atoms with Gasteiger partial charge in [-0.05, 0) is 103 Å². The van der Waals surface area contributed by atoms with Crippen molar-refractivity contribution in [1.29, 1.82) is 0 Å². The summed E-state index contributed by atoms with van der Waals surface area (Å²) >= 11 is 0. The summed E-state index contributed by atoms with van der Waals surface area (Å²) < 4.78 is 44.5. The summed E-state index contributed by atoms with van der Waals surface area (Å²) in [4.78, 5) is 2.24. The van der Waals surface area contributed by atoms with Gasteiger partial charge in [0, 0.05) is 32.9 Å². The van der Waals surface area contributed by atoms with E-state index in [2.05, 4.69) is 179 Å². The third kappa shape index (κ3) is 5.96. The third-order valence-corrected chi connectivity index (χ3v) is 12.3. The Balaban J connectivity index is 1.05. The highest BCUT2D eigenvalue weighted by molar-refractivity contribution is 6.22. The molecule has 0 saturated carbocycles. The normalized spacial score (nSPS) is 12.7. The number of aromatic nitrogens is 1. The SMILES string of the molecule is [2H]c1c([2H])c([2H])c(-c2ccc(N(c3ccc(-c4ccccc4)cc3)c3cccc4c(-c5ccc6c7c8ccccc8ccc7n(-c7cccc8ccccc78)c6c5)cccc34)cc2)c([2H])c1[2H]. The molecule has 0 fully saturated rings. The van der Waals surface area contributed by atoms with Crippen LogP contribution >= 0.6 is 0 Å². The van der Waals surface area contributed by atoms with Crippen molar-refractivity contribution in [3.63, 3.8) is 0 Å². The van der Waals surface area contributed by atoms with E-state index >= 15 is 0 Å². The van der Waals surface area contributed by atoms with Crippen molar-refractivity contribution in [2.75, 3.05) is 4.90 Å². The molecule has 12 aromatic rings. The van der Waals surface area contributed by atoms with E-state index in [-0.39, 0.29) is 29.7 Å². The molecular weight excluding hydrogens is 749 g/mol. The van der Waals surface area contributed by atoms with E-state index in [1.807, 2.05) is 42.5 Å². The van der Waals surface area contributed by atoms with Crippen LogP contribution in [-0.2, 0) is 0 Å². The van der Waals surface area contributed by atoms with E-state index in [0.717, 1.165) is 66.8 Å². The van der Waals surface area contributed by atoms with Crippen LogP contribution < -0.4 is 4.90 Å². The molecule has 0 aliphatic heterocycles. The first-order chi connectivity index (χ1) is 32.8. The lowest BCUT2D eigenvalue weighted by Crippen LogP contribution is -2.10. The molecule has 0 bridgehead atoms. The van der Waals surface area contributed by atoms with E-state index in [0.29, 0.717) is 5.56 Å². The maximum absolute atomic E-state index is 8.66. The van der Waals surface area contributed by atoms with Crippen LogP contribution in [-0.4, -0.2) is 4.57 Å². The van der Waals surface area contributed by atoms with Crippen molar-refractivity contribution in [2.45, 2.75) is 0 Å². The fourth-order valence-electron chi connectivity index (χ4n) is 9.39. The van der Waals surface area contributed by atoms with Gasteiger partial charge in [-0.25, -0.2) is 0 Å². The lowest BCUT2D eigenvalue weighted by molar-refractivity contribution is 1.20. The van der Waals surface area contributed by atoms with Crippen LogP contribution in [0, 0.1) is 0 Å². The minimum absolute atomic E-state index is 0.177. The highest BCUT2D eigenvalue weighted by atomic mass is 15.1. The molecule has 0 aliphatic rings. The Morgan fingerprint density at radius 3 is 1.71 bits per heavy atom. The minimum atomic E-state index is -0.406. The molecule has 1 aromatic heterocycles. The first kappa shape index (κ1) is 30.8. The Kier molecular flexibility index (Phi) is 7.35. The third-order valence-electron chi connectivity index (χ3n) is 12.3. The molecule has 62 heavy (non-hydrogen) atoms. The number of fused-ring (bicyclic) bond motifs is 7. The summed E-state index contributed by atoms with van der Waals surface area (Å²) in [5, 5.41) is 9.40. The number of anilines is 3. The second-order valence-corrected chi connectivity index (χ2v) is 15.7. The van der Waals surface area contributed by atoms with Gasteiger partial charge in [0.05, 0.1) is 29.3 Å². The molecule has 0 radical (unpaired) electrons. The van der Waals surface area contributed by atoms with E-state index in [1.54, 1.807) is 0 Å². The van der Waals surface area contributed by atoms with Gasteiger partial charge >= 0.3 is 0 Å². The summed E-state index contributed by atoms with van der Waals surface area (Å²) in [5.41, 5.74) is 11.4. The van der Waals surface area contributed by atoms with E-state index < -0.39 is 6.04 Å². The van der Waals surface area contributed by atoms with Gasteiger partial charge < -0.3 is 9.47 Å². The molecule has 290 valence electrons. The summed E-state index contributed by atoms with van der Waals surface area (Å²) in [6.45, 7) is 0. The van der Waals surface area contributed by atoms with Crippen molar-refractivity contribution >= 4 is 71.2 Å². The minimum Gasteiger partial charge on any atom is -0.310 e. The number of hydrogen-bond donors (Lipinski definition) is 0. The van der Waals surface area contributed by atoms with Gasteiger partial charge in [-0.1, -0.05) is 194 Å². The van der Waals surface area contributed by atoms with Crippen LogP contribution in [0.5, 0.6) is 0 Å². The van der Waals surface area contributed by atoms with Gasteiger partial charge in [-0.15, -0.1) is 0 Å². The van der Waals surface area contributed by atoms with E-state index in [4.69, 9.17) is 6.85 Å². The number of hydrogen-bond acceptors (Lipinski definition) is 1. The number of nitrogens with zero attached hydrogens (tertiary/aromatic N) is 2. The second kappa shape index (κ2) is 14.8. The lowest BCUT2D eigenvalue weighted by Gasteiger charge is -2.27. The Hall–Kier alpha value is -8.20. The molecule has 2 heteroatoms. The van der Waals surface area contributed by atoms with Crippen molar-refractivity contribution in [3.05, 3.63) is 243 Å². The molecule has 0 aliphatic carbocycles. The summed E-state index contributed by atoms with van der Waals surface area (Å²) in [5.74, 6) is 0. The zero-order valence-electron chi connectivity index (χ0n) is 38.6. The first-order valence-electron chi connectivity index (χ1n) is 23.4. The van der Waals surface area contributed by atoms with Gasteiger partial charge in [0.15, 0.2) is 0 Å². The molecule has 1 heterocycles. The predicted molar refractivity (Wildman–Crippen MR) is 264 cm³/mol. The number of benzene rings is 11. The maximum atomic E-state index is 8.66. The Bertz CT molecular complexity index is 3880. The Labute approximate surface area is 367 Å². The van der Waals surface area contributed by atoms with E-state index in [1.165, 1.54) is 32.3 Å². The van der Waals surface area contributed by atoms with Gasteiger partial charge in [-0.3, -0.25) is 0 Å². The Morgan fingerprint density at radius 1 is 0.355 bits per heavy atom. The quantitative estimate of drug-likeness (QED) is 0.156. The van der Waals surface area contributed by atoms with Crippen LogP contribution in [0.25, 0.3) is 93.2 Å². The average Bonchev–Trinajstić information content (AvgIpc) is 3.72. The van der Waals surface area contributed by atoms with Crippen LogP contribution in [0.2, 0.25) is 0 Å². The van der Waals surface area contributed by atoms with Gasteiger partial charge in [0.25, 0.3) is 0 Å². The topological polar surface area (TPSA) is 8.17 Å². The largest absolute Gasteiger partial charge is 0.310 e. The molecule has 0 saturated heterocycles. The summed E-state index contributed by atoms with van der Waals surface area (Å²) in [6, 6.07) is 73.1. The van der Waals surface area contributed by atoms with E-state index in [9.17, 15) is 0 Å². The van der Waals surface area contributed by atoms with Crippen LogP contribution in [0.15, 0.2) is 243 Å². The standard InChI is InChI=1S/C60H40N2/c1-3-14-41(15-4-1)43-28-34-48(35-29-43)61(49-36-30-44(31-37-49)42-16-5-2-6-17-42)57-27-13-24-53-50(23-12-25-54(53)57)47-32-38-55-59(40-47)62(56-26-11-20-45-18-7-9-21-51(45)56)58-39-33-46-19-8-10-22-52(46)60(55)58/h1-40H/i1D,3D,4D,14D,15D. The lowest BCUT2D eigenvalue weighted by atomic mass is 9.95. The zero-order chi connectivity index (χ0) is 45.3. The van der Waals surface area contributed by atoms with Crippen molar-refractivity contribution in [1.82, 2.24) is 4.57 Å². The van der Waals surface area contributed by atoms with Crippen molar-refractivity contribution in [3.8, 4) is 39.1 Å². The molecular formula is C60H40N2. The summed E-state index contributed by atoms with van der Waals surface area (Å²) in [6.07, 6.45) is 0. The fourth-order valence-corrected chi connectivity index (χ4v) is 9.39. The van der Waals surface area contributed by atoms with Crippen LogP contribution in [0.3, 0.4) is 0 Å². The average molecular weight is 794 g/mol. The highest BCUT2D eigenvalue weighted by Crippen LogP contribution is 2.44. The van der Waals surface area contributed by atoms with Gasteiger partial charge in [0.2, 0.25) is 0 Å². The van der Waals surface area contributed by atoms with Crippen molar-refractivity contribution < 1.29 is 6.85 Å². The molecule has 11 aromatic carbocycles. The molecule has 0 atom stereocenters. The van der Waals surface area contributed by atoms with Crippen LogP contribution in [0.1, 0.15) is 6.85 Å². The molecule has 2 nitrogen and oxygen atoms in total. The molecule has 0 unspecified atom stereocenters. The number of rotatable bonds is 7. The monoisotopic (exact) mass is 793 g/mol. The molecule has 0 spiro atoms. The first-order valence-corrected chi connectivity index (χ1v) is 20.9.